The molecule has 0 aromatic carbocycles. The molecule has 9 heteroatoms. The van der Waals surface area contributed by atoms with Gasteiger partial charge in [0.25, 0.3) is 0 Å². The SMILES string of the molecule is CCC(=O)N(CC1(N2CC3CN(CC(C)C)CC3C2)CCOCC1)c1cccc(C(F)(F)F)n1. The van der Waals surface area contributed by atoms with Crippen molar-refractivity contribution in [3.8, 4) is 0 Å². The minimum Gasteiger partial charge on any atom is -0.381 e. The highest BCUT2D eigenvalue weighted by molar-refractivity contribution is 5.92. The topological polar surface area (TPSA) is 48.9 Å². The van der Waals surface area contributed by atoms with Gasteiger partial charge in [0.05, 0.1) is 0 Å². The maximum absolute atomic E-state index is 13.3. The van der Waals surface area contributed by atoms with E-state index < -0.39 is 11.9 Å². The van der Waals surface area contributed by atoms with Gasteiger partial charge in [-0.3, -0.25) is 14.6 Å². The molecule has 1 aromatic rings. The maximum Gasteiger partial charge on any atom is 0.433 e. The second-order valence-electron chi connectivity index (χ2n) is 10.6. The van der Waals surface area contributed by atoms with Crippen LogP contribution in [0.5, 0.6) is 0 Å². The van der Waals surface area contributed by atoms with Gasteiger partial charge >= 0.3 is 6.18 Å². The molecule has 3 saturated heterocycles. The van der Waals surface area contributed by atoms with Crippen LogP contribution in [-0.2, 0) is 15.7 Å². The number of pyridine rings is 1. The lowest BCUT2D eigenvalue weighted by Crippen LogP contribution is -2.59. The number of alkyl halides is 3. The van der Waals surface area contributed by atoms with E-state index in [4.69, 9.17) is 4.74 Å². The molecule has 4 rings (SSSR count). The normalized spacial score (nSPS) is 25.6. The van der Waals surface area contributed by atoms with Crippen LogP contribution in [-0.4, -0.2) is 78.7 Å². The van der Waals surface area contributed by atoms with Crippen molar-refractivity contribution >= 4 is 11.7 Å². The molecule has 4 heterocycles. The number of ether oxygens (including phenoxy) is 1. The van der Waals surface area contributed by atoms with Gasteiger partial charge in [-0.1, -0.05) is 26.8 Å². The van der Waals surface area contributed by atoms with Gasteiger partial charge in [-0.15, -0.1) is 0 Å². The van der Waals surface area contributed by atoms with Crippen LogP contribution in [0.3, 0.4) is 0 Å². The fourth-order valence-corrected chi connectivity index (χ4v) is 5.98. The Morgan fingerprint density at radius 3 is 2.38 bits per heavy atom. The molecule has 0 radical (unpaired) electrons. The van der Waals surface area contributed by atoms with Crippen molar-refractivity contribution < 1.29 is 22.7 Å². The van der Waals surface area contributed by atoms with E-state index >= 15 is 0 Å². The smallest absolute Gasteiger partial charge is 0.381 e. The first-order valence-corrected chi connectivity index (χ1v) is 12.5. The van der Waals surface area contributed by atoms with Crippen molar-refractivity contribution in [1.29, 1.82) is 0 Å². The molecule has 3 fully saturated rings. The first-order chi connectivity index (χ1) is 16.1. The summed E-state index contributed by atoms with van der Waals surface area (Å²) in [5.74, 6) is 1.71. The Morgan fingerprint density at radius 2 is 1.82 bits per heavy atom. The summed E-state index contributed by atoms with van der Waals surface area (Å²) < 4.78 is 45.7. The van der Waals surface area contributed by atoms with Gasteiger partial charge < -0.3 is 9.64 Å². The zero-order valence-electron chi connectivity index (χ0n) is 20.5. The third-order valence-electron chi connectivity index (χ3n) is 7.64. The van der Waals surface area contributed by atoms with Crippen LogP contribution in [0.15, 0.2) is 18.2 Å². The number of amides is 1. The Bertz CT molecular complexity index is 843. The molecular formula is C25H37F3N4O2. The van der Waals surface area contributed by atoms with E-state index in [-0.39, 0.29) is 23.7 Å². The third kappa shape index (κ3) is 5.41. The summed E-state index contributed by atoms with van der Waals surface area (Å²) in [6, 6.07) is 3.80. The highest BCUT2D eigenvalue weighted by atomic mass is 19.4. The first kappa shape index (κ1) is 25.4. The van der Waals surface area contributed by atoms with Gasteiger partial charge in [-0.2, -0.15) is 13.2 Å². The molecule has 2 atom stereocenters. The number of halogens is 3. The minimum absolute atomic E-state index is 0.0787. The number of carbonyl (C=O) groups is 1. The summed E-state index contributed by atoms with van der Waals surface area (Å²) >= 11 is 0. The number of carbonyl (C=O) groups excluding carboxylic acids is 1. The lowest BCUT2D eigenvalue weighted by Gasteiger charge is -2.47. The number of nitrogens with zero attached hydrogens (tertiary/aromatic N) is 4. The fraction of sp³-hybridized carbons (Fsp3) is 0.760. The molecule has 1 amide bonds. The monoisotopic (exact) mass is 482 g/mol. The molecule has 0 spiro atoms. The van der Waals surface area contributed by atoms with E-state index in [1.807, 2.05) is 0 Å². The van der Waals surface area contributed by atoms with E-state index in [1.165, 1.54) is 17.0 Å². The lowest BCUT2D eigenvalue weighted by atomic mass is 9.87. The molecule has 3 aliphatic rings. The van der Waals surface area contributed by atoms with Crippen LogP contribution >= 0.6 is 0 Å². The molecule has 0 bridgehead atoms. The predicted molar refractivity (Wildman–Crippen MR) is 124 cm³/mol. The number of hydrogen-bond donors (Lipinski definition) is 0. The molecule has 34 heavy (non-hydrogen) atoms. The average molecular weight is 483 g/mol. The first-order valence-electron chi connectivity index (χ1n) is 12.5. The van der Waals surface area contributed by atoms with Crippen LogP contribution in [0, 0.1) is 17.8 Å². The summed E-state index contributed by atoms with van der Waals surface area (Å²) in [5.41, 5.74) is -1.28. The summed E-state index contributed by atoms with van der Waals surface area (Å²) in [4.78, 5) is 23.4. The number of rotatable bonds is 7. The van der Waals surface area contributed by atoms with Crippen molar-refractivity contribution in [3.05, 3.63) is 23.9 Å². The number of anilines is 1. The van der Waals surface area contributed by atoms with E-state index in [9.17, 15) is 18.0 Å². The van der Waals surface area contributed by atoms with Crippen molar-refractivity contribution in [2.75, 3.05) is 57.4 Å². The van der Waals surface area contributed by atoms with Crippen molar-refractivity contribution in [3.63, 3.8) is 0 Å². The molecule has 0 aliphatic carbocycles. The molecular weight excluding hydrogens is 445 g/mol. The van der Waals surface area contributed by atoms with E-state index in [2.05, 4.69) is 28.6 Å². The number of hydrogen-bond acceptors (Lipinski definition) is 5. The van der Waals surface area contributed by atoms with Gasteiger partial charge in [0, 0.05) is 64.4 Å². The molecule has 0 saturated carbocycles. The van der Waals surface area contributed by atoms with Gasteiger partial charge in [0.15, 0.2) is 0 Å². The second-order valence-corrected chi connectivity index (χ2v) is 10.6. The Hall–Kier alpha value is -1.71. The minimum atomic E-state index is -4.55. The Balaban J connectivity index is 1.57. The molecule has 190 valence electrons. The number of likely N-dealkylation sites (tertiary alicyclic amines) is 2. The fourth-order valence-electron chi connectivity index (χ4n) is 5.98. The number of aromatic nitrogens is 1. The van der Waals surface area contributed by atoms with E-state index in [0.717, 1.165) is 51.6 Å². The summed E-state index contributed by atoms with van der Waals surface area (Å²) in [5, 5.41) is 0. The van der Waals surface area contributed by atoms with Gasteiger partial charge in [0.1, 0.15) is 11.5 Å². The van der Waals surface area contributed by atoms with Crippen molar-refractivity contribution in [2.45, 2.75) is 51.7 Å². The van der Waals surface area contributed by atoms with Crippen LogP contribution < -0.4 is 4.90 Å². The summed E-state index contributed by atoms with van der Waals surface area (Å²) in [6.07, 6.45) is -2.83. The number of fused-ring (bicyclic) bond motifs is 1. The molecule has 6 nitrogen and oxygen atoms in total. The van der Waals surface area contributed by atoms with Gasteiger partial charge in [-0.05, 0) is 42.7 Å². The van der Waals surface area contributed by atoms with Crippen LogP contribution in [0.2, 0.25) is 0 Å². The predicted octanol–water partition coefficient (Wildman–Crippen LogP) is 3.91. The Kier molecular flexibility index (Phi) is 7.55. The largest absolute Gasteiger partial charge is 0.433 e. The molecule has 2 unspecified atom stereocenters. The summed E-state index contributed by atoms with van der Waals surface area (Å²) in [7, 11) is 0. The van der Waals surface area contributed by atoms with Crippen LogP contribution in [0.25, 0.3) is 0 Å². The zero-order valence-corrected chi connectivity index (χ0v) is 20.5. The lowest BCUT2D eigenvalue weighted by molar-refractivity contribution is -0.141. The van der Waals surface area contributed by atoms with Crippen molar-refractivity contribution in [1.82, 2.24) is 14.8 Å². The van der Waals surface area contributed by atoms with Crippen molar-refractivity contribution in [2.24, 2.45) is 17.8 Å². The molecule has 0 N–H and O–H groups in total. The standard InChI is InChI=1S/C25H37F3N4O2/c1-4-23(33)32(22-7-5-6-21(29-22)25(26,27)28)17-24(8-10-34-11-9-24)31-15-19-13-30(12-18(2)3)14-20(19)16-31/h5-7,18-20H,4,8-17H2,1-3H3. The van der Waals surface area contributed by atoms with Gasteiger partial charge in [-0.25, -0.2) is 4.98 Å². The summed E-state index contributed by atoms with van der Waals surface area (Å²) in [6.45, 7) is 13.0. The maximum atomic E-state index is 13.3. The Morgan fingerprint density at radius 1 is 1.18 bits per heavy atom. The highest BCUT2D eigenvalue weighted by Crippen LogP contribution is 2.40. The molecule has 1 aromatic heterocycles. The Labute approximate surface area is 200 Å². The van der Waals surface area contributed by atoms with E-state index in [1.54, 1.807) is 6.92 Å². The van der Waals surface area contributed by atoms with Crippen LogP contribution in [0.4, 0.5) is 19.0 Å². The quantitative estimate of drug-likeness (QED) is 0.590. The third-order valence-corrected chi connectivity index (χ3v) is 7.64. The second kappa shape index (κ2) is 10.1. The van der Waals surface area contributed by atoms with Gasteiger partial charge in [0.2, 0.25) is 5.91 Å². The van der Waals surface area contributed by atoms with E-state index in [0.29, 0.717) is 37.5 Å². The zero-order chi connectivity index (χ0) is 24.5. The average Bonchev–Trinajstić information content (AvgIpc) is 3.36. The molecule has 3 aliphatic heterocycles. The van der Waals surface area contributed by atoms with Crippen LogP contribution in [0.1, 0.15) is 45.7 Å². The highest BCUT2D eigenvalue weighted by Gasteiger charge is 2.49.